The summed E-state index contributed by atoms with van der Waals surface area (Å²) in [7, 11) is 0. The molecule has 1 aromatic rings. The fraction of sp³-hybridized carbons (Fsp3) is 0.615. The number of thiophene rings is 1. The maximum atomic E-state index is 12.0. The minimum atomic E-state index is 0.190. The van der Waals surface area contributed by atoms with E-state index in [9.17, 15) is 4.79 Å². The molecule has 1 unspecified atom stereocenters. The highest BCUT2D eigenvalue weighted by atomic mass is 32.1. The molecule has 96 valence electrons. The van der Waals surface area contributed by atoms with Gasteiger partial charge in [-0.15, -0.1) is 11.3 Å². The fourth-order valence-electron chi connectivity index (χ4n) is 1.70. The Morgan fingerprint density at radius 2 is 2.35 bits per heavy atom. The summed E-state index contributed by atoms with van der Waals surface area (Å²) < 4.78 is 0. The lowest BCUT2D eigenvalue weighted by Gasteiger charge is -2.20. The summed E-state index contributed by atoms with van der Waals surface area (Å²) in [6.45, 7) is 5.52. The summed E-state index contributed by atoms with van der Waals surface area (Å²) in [5.41, 5.74) is 5.67. The number of hydrogen-bond acceptors (Lipinski definition) is 3. The molecule has 1 amide bonds. The van der Waals surface area contributed by atoms with Crippen LogP contribution in [0.5, 0.6) is 0 Å². The second kappa shape index (κ2) is 7.45. The average Bonchev–Trinajstić information content (AvgIpc) is 2.77. The quantitative estimate of drug-likeness (QED) is 0.813. The van der Waals surface area contributed by atoms with Crippen LogP contribution in [0, 0.1) is 0 Å². The van der Waals surface area contributed by atoms with Crippen molar-refractivity contribution in [3.8, 4) is 0 Å². The first kappa shape index (κ1) is 14.2. The van der Waals surface area contributed by atoms with Crippen molar-refractivity contribution in [2.45, 2.75) is 45.7 Å². The van der Waals surface area contributed by atoms with Crippen molar-refractivity contribution >= 4 is 17.2 Å². The molecule has 0 aliphatic heterocycles. The lowest BCUT2D eigenvalue weighted by molar-refractivity contribution is -0.131. The van der Waals surface area contributed by atoms with Crippen molar-refractivity contribution in [3.63, 3.8) is 0 Å². The van der Waals surface area contributed by atoms with E-state index < -0.39 is 0 Å². The Morgan fingerprint density at radius 1 is 1.59 bits per heavy atom. The van der Waals surface area contributed by atoms with Crippen LogP contribution < -0.4 is 5.73 Å². The number of rotatable bonds is 7. The number of nitrogens with two attached hydrogens (primary N) is 1. The van der Waals surface area contributed by atoms with Crippen molar-refractivity contribution in [1.82, 2.24) is 4.90 Å². The molecular weight excluding hydrogens is 232 g/mol. The molecule has 0 aromatic carbocycles. The molecule has 1 atom stereocenters. The maximum absolute atomic E-state index is 12.0. The van der Waals surface area contributed by atoms with Crippen LogP contribution in [-0.2, 0) is 11.3 Å². The van der Waals surface area contributed by atoms with Gasteiger partial charge in [0, 0.05) is 23.9 Å². The van der Waals surface area contributed by atoms with E-state index in [2.05, 4.69) is 6.07 Å². The van der Waals surface area contributed by atoms with E-state index in [1.165, 1.54) is 4.88 Å². The Hall–Kier alpha value is -0.870. The largest absolute Gasteiger partial charge is 0.338 e. The SMILES string of the molecule is CCN(Cc1cccs1)C(=O)CCCC(C)N. The molecule has 3 nitrogen and oxygen atoms in total. The zero-order valence-electron chi connectivity index (χ0n) is 10.7. The van der Waals surface area contributed by atoms with Crippen molar-refractivity contribution in [3.05, 3.63) is 22.4 Å². The second-order valence-electron chi connectivity index (χ2n) is 4.36. The van der Waals surface area contributed by atoms with E-state index in [1.54, 1.807) is 11.3 Å². The molecule has 0 bridgehead atoms. The standard InChI is InChI=1S/C13H22N2OS/c1-3-15(10-12-7-5-9-17-12)13(16)8-4-6-11(2)14/h5,7,9,11H,3-4,6,8,10,14H2,1-2H3. The predicted molar refractivity (Wildman–Crippen MR) is 72.9 cm³/mol. The van der Waals surface area contributed by atoms with Gasteiger partial charge in [0.15, 0.2) is 0 Å². The molecule has 0 aliphatic rings. The van der Waals surface area contributed by atoms with Crippen LogP contribution in [-0.4, -0.2) is 23.4 Å². The topological polar surface area (TPSA) is 46.3 Å². The van der Waals surface area contributed by atoms with Gasteiger partial charge in [0.25, 0.3) is 0 Å². The average molecular weight is 254 g/mol. The third kappa shape index (κ3) is 5.33. The highest BCUT2D eigenvalue weighted by Crippen LogP contribution is 2.13. The lowest BCUT2D eigenvalue weighted by Crippen LogP contribution is -2.30. The highest BCUT2D eigenvalue weighted by molar-refractivity contribution is 7.09. The van der Waals surface area contributed by atoms with Crippen molar-refractivity contribution in [2.24, 2.45) is 5.73 Å². The van der Waals surface area contributed by atoms with Crippen LogP contribution in [0.2, 0.25) is 0 Å². The molecule has 0 radical (unpaired) electrons. The number of carbonyl (C=O) groups is 1. The smallest absolute Gasteiger partial charge is 0.222 e. The first-order chi connectivity index (χ1) is 8.13. The third-order valence-electron chi connectivity index (χ3n) is 2.71. The summed E-state index contributed by atoms with van der Waals surface area (Å²) in [5.74, 6) is 0.238. The highest BCUT2D eigenvalue weighted by Gasteiger charge is 2.12. The first-order valence-electron chi connectivity index (χ1n) is 6.19. The van der Waals surface area contributed by atoms with E-state index in [4.69, 9.17) is 5.73 Å². The van der Waals surface area contributed by atoms with E-state index in [0.29, 0.717) is 6.42 Å². The van der Waals surface area contributed by atoms with Gasteiger partial charge >= 0.3 is 0 Å². The third-order valence-corrected chi connectivity index (χ3v) is 3.57. The van der Waals surface area contributed by atoms with E-state index in [-0.39, 0.29) is 11.9 Å². The minimum Gasteiger partial charge on any atom is -0.338 e. The second-order valence-corrected chi connectivity index (χ2v) is 5.39. The number of carbonyl (C=O) groups excluding carboxylic acids is 1. The van der Waals surface area contributed by atoms with Crippen LogP contribution >= 0.6 is 11.3 Å². The molecule has 17 heavy (non-hydrogen) atoms. The van der Waals surface area contributed by atoms with Crippen LogP contribution in [0.4, 0.5) is 0 Å². The van der Waals surface area contributed by atoms with Gasteiger partial charge in [-0.3, -0.25) is 4.79 Å². The molecule has 0 fully saturated rings. The summed E-state index contributed by atoms with van der Waals surface area (Å²) in [4.78, 5) is 15.1. The van der Waals surface area contributed by atoms with Crippen LogP contribution in [0.25, 0.3) is 0 Å². The van der Waals surface area contributed by atoms with Gasteiger partial charge in [0.2, 0.25) is 5.91 Å². The minimum absolute atomic E-state index is 0.190. The molecule has 0 saturated heterocycles. The van der Waals surface area contributed by atoms with Gasteiger partial charge in [-0.25, -0.2) is 0 Å². The molecule has 0 spiro atoms. The van der Waals surface area contributed by atoms with E-state index in [1.807, 2.05) is 30.2 Å². The van der Waals surface area contributed by atoms with Crippen LogP contribution in [0.15, 0.2) is 17.5 Å². The Morgan fingerprint density at radius 3 is 2.88 bits per heavy atom. The maximum Gasteiger partial charge on any atom is 0.222 e. The molecule has 1 heterocycles. The van der Waals surface area contributed by atoms with Crippen LogP contribution in [0.3, 0.4) is 0 Å². The molecular formula is C13H22N2OS. The van der Waals surface area contributed by atoms with Gasteiger partial charge in [-0.05, 0) is 38.1 Å². The number of hydrogen-bond donors (Lipinski definition) is 1. The molecule has 1 rings (SSSR count). The van der Waals surface area contributed by atoms with Crippen LogP contribution in [0.1, 0.15) is 38.0 Å². The molecule has 0 aliphatic carbocycles. The summed E-state index contributed by atoms with van der Waals surface area (Å²) in [6.07, 6.45) is 2.42. The molecule has 0 saturated carbocycles. The zero-order valence-corrected chi connectivity index (χ0v) is 11.5. The Bertz CT molecular complexity index is 322. The van der Waals surface area contributed by atoms with Crippen molar-refractivity contribution in [1.29, 1.82) is 0 Å². The van der Waals surface area contributed by atoms with E-state index >= 15 is 0 Å². The van der Waals surface area contributed by atoms with Crippen molar-refractivity contribution in [2.75, 3.05) is 6.54 Å². The summed E-state index contributed by atoms with van der Waals surface area (Å²) >= 11 is 1.70. The lowest BCUT2D eigenvalue weighted by atomic mass is 10.1. The molecule has 2 N–H and O–H groups in total. The number of nitrogens with zero attached hydrogens (tertiary/aromatic N) is 1. The van der Waals surface area contributed by atoms with Crippen molar-refractivity contribution < 1.29 is 4.79 Å². The van der Waals surface area contributed by atoms with Gasteiger partial charge in [-0.1, -0.05) is 6.07 Å². The molecule has 4 heteroatoms. The van der Waals surface area contributed by atoms with Gasteiger partial charge in [0.05, 0.1) is 6.54 Å². The van der Waals surface area contributed by atoms with Gasteiger partial charge < -0.3 is 10.6 Å². The normalized spacial score (nSPS) is 12.4. The Labute approximate surface area is 108 Å². The van der Waals surface area contributed by atoms with Gasteiger partial charge in [0.1, 0.15) is 0 Å². The van der Waals surface area contributed by atoms with E-state index in [0.717, 1.165) is 25.9 Å². The van der Waals surface area contributed by atoms with Gasteiger partial charge in [-0.2, -0.15) is 0 Å². The Balaban J connectivity index is 2.36. The monoisotopic (exact) mass is 254 g/mol. The fourth-order valence-corrected chi connectivity index (χ4v) is 2.42. The Kier molecular flexibility index (Phi) is 6.22. The first-order valence-corrected chi connectivity index (χ1v) is 7.07. The molecule has 1 aromatic heterocycles. The number of amides is 1. The predicted octanol–water partition coefficient (Wildman–Crippen LogP) is 2.61. The summed E-state index contributed by atoms with van der Waals surface area (Å²) in [6, 6.07) is 4.28. The summed E-state index contributed by atoms with van der Waals surface area (Å²) in [5, 5.41) is 2.05. The zero-order chi connectivity index (χ0) is 12.7.